The van der Waals surface area contributed by atoms with E-state index in [1.54, 1.807) is 0 Å². The van der Waals surface area contributed by atoms with Gasteiger partial charge < -0.3 is 15.2 Å². The first kappa shape index (κ1) is 20.0. The summed E-state index contributed by atoms with van der Waals surface area (Å²) in [6.07, 6.45) is 0. The second kappa shape index (κ2) is 10.6. The first-order valence-electron chi connectivity index (χ1n) is 7.68. The van der Waals surface area contributed by atoms with Gasteiger partial charge in [0.1, 0.15) is 0 Å². The Morgan fingerprint density at radius 2 is 1.87 bits per heavy atom. The van der Waals surface area contributed by atoms with Crippen molar-refractivity contribution in [3.63, 3.8) is 0 Å². The van der Waals surface area contributed by atoms with Crippen molar-refractivity contribution in [2.45, 2.75) is 26.1 Å². The topological polar surface area (TPSA) is 68.2 Å². The number of nitrogens with zero attached hydrogens (tertiary/aromatic N) is 3. The molecule has 0 aliphatic carbocycles. The molecule has 0 amide bonds. The second-order valence-corrected chi connectivity index (χ2v) is 6.10. The predicted molar refractivity (Wildman–Crippen MR) is 98.8 cm³/mol. The molecule has 0 fully saturated rings. The van der Waals surface area contributed by atoms with Gasteiger partial charge in [-0.1, -0.05) is 43.3 Å². The lowest BCUT2D eigenvalue weighted by atomic mass is 10.1. The Balaban J connectivity index is 0.00000264. The molecule has 1 aromatic carbocycles. The van der Waals surface area contributed by atoms with Crippen molar-refractivity contribution >= 4 is 24.2 Å². The molecule has 1 aromatic heterocycles. The van der Waals surface area contributed by atoms with Gasteiger partial charge in [0, 0.05) is 24.4 Å². The predicted octanol–water partition coefficient (Wildman–Crippen LogP) is 3.19. The molecule has 0 radical (unpaired) electrons. The fourth-order valence-corrected chi connectivity index (χ4v) is 2.94. The maximum Gasteiger partial charge on any atom is 0.236 e. The summed E-state index contributed by atoms with van der Waals surface area (Å²) in [4.78, 5) is 6.86. The van der Waals surface area contributed by atoms with E-state index in [4.69, 9.17) is 10.3 Å². The highest BCUT2D eigenvalue weighted by Gasteiger charge is 2.09. The largest absolute Gasteiger partial charge is 0.338 e. The van der Waals surface area contributed by atoms with Crippen molar-refractivity contribution in [1.82, 2.24) is 15.0 Å². The van der Waals surface area contributed by atoms with E-state index in [0.29, 0.717) is 18.3 Å². The number of thioether (sulfide) groups is 1. The van der Waals surface area contributed by atoms with Crippen molar-refractivity contribution in [2.75, 3.05) is 25.4 Å². The molecular formula is C16H25ClN4OS. The van der Waals surface area contributed by atoms with Crippen LogP contribution in [0.15, 0.2) is 28.8 Å². The first-order valence-corrected chi connectivity index (χ1v) is 8.84. The highest BCUT2D eigenvalue weighted by atomic mass is 35.5. The van der Waals surface area contributed by atoms with Crippen molar-refractivity contribution in [3.05, 3.63) is 35.7 Å². The molecule has 0 aliphatic rings. The van der Waals surface area contributed by atoms with Crippen LogP contribution < -0.4 is 5.73 Å². The average Bonchev–Trinajstić information content (AvgIpc) is 3.04. The van der Waals surface area contributed by atoms with Crippen LogP contribution in [0.5, 0.6) is 0 Å². The van der Waals surface area contributed by atoms with Crippen molar-refractivity contribution in [1.29, 1.82) is 0 Å². The normalized spacial score (nSPS) is 10.8. The summed E-state index contributed by atoms with van der Waals surface area (Å²) in [7, 11) is 0. The van der Waals surface area contributed by atoms with Gasteiger partial charge in [0.2, 0.25) is 11.7 Å². The van der Waals surface area contributed by atoms with Crippen molar-refractivity contribution in [3.8, 4) is 11.4 Å². The number of halogens is 1. The summed E-state index contributed by atoms with van der Waals surface area (Å²) in [5, 5.41) is 4.05. The Kier molecular flexibility index (Phi) is 9.24. The lowest BCUT2D eigenvalue weighted by molar-refractivity contribution is 0.323. The minimum atomic E-state index is 0. The Hall–Kier alpha value is -1.08. The van der Waals surface area contributed by atoms with E-state index in [-0.39, 0.29) is 12.4 Å². The Bertz CT molecular complexity index is 557. The van der Waals surface area contributed by atoms with Crippen LogP contribution >= 0.6 is 24.2 Å². The minimum absolute atomic E-state index is 0. The Morgan fingerprint density at radius 3 is 2.48 bits per heavy atom. The highest BCUT2D eigenvalue weighted by molar-refractivity contribution is 7.98. The number of nitrogens with two attached hydrogens (primary N) is 1. The van der Waals surface area contributed by atoms with E-state index in [2.05, 4.69) is 28.9 Å². The van der Waals surface area contributed by atoms with Crippen LogP contribution in [-0.2, 0) is 12.3 Å². The van der Waals surface area contributed by atoms with Gasteiger partial charge in [-0.15, -0.1) is 12.4 Å². The molecule has 5 nitrogen and oxygen atoms in total. The summed E-state index contributed by atoms with van der Waals surface area (Å²) < 4.78 is 5.32. The summed E-state index contributed by atoms with van der Waals surface area (Å²) in [5.74, 6) is 3.16. The van der Waals surface area contributed by atoms with Gasteiger partial charge in [0.05, 0.1) is 5.75 Å². The van der Waals surface area contributed by atoms with E-state index < -0.39 is 0 Å². The lowest BCUT2D eigenvalue weighted by Crippen LogP contribution is -2.25. The molecule has 128 valence electrons. The third-order valence-corrected chi connectivity index (χ3v) is 4.51. The molecule has 0 bridgehead atoms. The number of hydrogen-bond acceptors (Lipinski definition) is 6. The third kappa shape index (κ3) is 6.14. The Labute approximate surface area is 148 Å². The second-order valence-electron chi connectivity index (χ2n) is 4.99. The van der Waals surface area contributed by atoms with Crippen LogP contribution in [0.2, 0.25) is 0 Å². The molecule has 2 aromatic rings. The van der Waals surface area contributed by atoms with Crippen LogP contribution in [-0.4, -0.2) is 40.4 Å². The van der Waals surface area contributed by atoms with Gasteiger partial charge in [-0.3, -0.25) is 0 Å². The van der Waals surface area contributed by atoms with Crippen molar-refractivity contribution < 1.29 is 4.52 Å². The molecule has 7 heteroatoms. The van der Waals surface area contributed by atoms with Crippen LogP contribution in [0.3, 0.4) is 0 Å². The first-order chi connectivity index (χ1) is 10.8. The van der Waals surface area contributed by atoms with E-state index in [9.17, 15) is 0 Å². The van der Waals surface area contributed by atoms with E-state index in [1.807, 2.05) is 36.0 Å². The summed E-state index contributed by atoms with van der Waals surface area (Å²) in [6.45, 7) is 8.21. The molecule has 2 N–H and O–H groups in total. The van der Waals surface area contributed by atoms with Gasteiger partial charge >= 0.3 is 0 Å². The standard InChI is InChI=1S/C16H24N4OS.ClH/c1-3-20(4-2)9-10-22-12-15-18-16(19-21-15)14-7-5-13(11-17)6-8-14;/h5-8H,3-4,9-12,17H2,1-2H3;1H. The van der Waals surface area contributed by atoms with E-state index in [0.717, 1.165) is 42.3 Å². The SMILES string of the molecule is CCN(CC)CCSCc1nc(-c2ccc(CN)cc2)no1.Cl. The van der Waals surface area contributed by atoms with Gasteiger partial charge in [-0.2, -0.15) is 16.7 Å². The Morgan fingerprint density at radius 1 is 1.17 bits per heavy atom. The van der Waals surface area contributed by atoms with Gasteiger partial charge in [-0.25, -0.2) is 0 Å². The zero-order valence-electron chi connectivity index (χ0n) is 13.7. The average molecular weight is 357 g/mol. The monoisotopic (exact) mass is 356 g/mol. The molecule has 0 spiro atoms. The number of hydrogen-bond donors (Lipinski definition) is 1. The molecule has 0 saturated carbocycles. The lowest BCUT2D eigenvalue weighted by Gasteiger charge is -2.16. The number of aromatic nitrogens is 2. The molecule has 23 heavy (non-hydrogen) atoms. The zero-order chi connectivity index (χ0) is 15.8. The van der Waals surface area contributed by atoms with Gasteiger partial charge in [0.25, 0.3) is 0 Å². The van der Waals surface area contributed by atoms with E-state index >= 15 is 0 Å². The van der Waals surface area contributed by atoms with E-state index in [1.165, 1.54) is 0 Å². The van der Waals surface area contributed by atoms with Crippen LogP contribution in [0.4, 0.5) is 0 Å². The third-order valence-electron chi connectivity index (χ3n) is 3.59. The minimum Gasteiger partial charge on any atom is -0.338 e. The molecule has 0 saturated heterocycles. The molecule has 0 aliphatic heterocycles. The van der Waals surface area contributed by atoms with Crippen LogP contribution in [0.1, 0.15) is 25.3 Å². The summed E-state index contributed by atoms with van der Waals surface area (Å²) in [5.41, 5.74) is 7.65. The van der Waals surface area contributed by atoms with Crippen LogP contribution in [0.25, 0.3) is 11.4 Å². The fourth-order valence-electron chi connectivity index (χ4n) is 2.11. The maximum atomic E-state index is 5.60. The molecule has 1 heterocycles. The quantitative estimate of drug-likeness (QED) is 0.696. The maximum absolute atomic E-state index is 5.60. The highest BCUT2D eigenvalue weighted by Crippen LogP contribution is 2.18. The fraction of sp³-hybridized carbons (Fsp3) is 0.500. The number of benzene rings is 1. The van der Waals surface area contributed by atoms with Gasteiger partial charge in [-0.05, 0) is 18.7 Å². The number of rotatable bonds is 9. The van der Waals surface area contributed by atoms with Crippen LogP contribution in [0, 0.1) is 0 Å². The van der Waals surface area contributed by atoms with Gasteiger partial charge in [0.15, 0.2) is 0 Å². The summed E-state index contributed by atoms with van der Waals surface area (Å²) >= 11 is 1.83. The summed E-state index contributed by atoms with van der Waals surface area (Å²) in [6, 6.07) is 7.93. The zero-order valence-corrected chi connectivity index (χ0v) is 15.3. The molecule has 0 atom stereocenters. The molecular weight excluding hydrogens is 332 g/mol. The molecule has 0 unspecified atom stereocenters. The molecule has 2 rings (SSSR count). The smallest absolute Gasteiger partial charge is 0.236 e. The van der Waals surface area contributed by atoms with Crippen molar-refractivity contribution in [2.24, 2.45) is 5.73 Å².